The van der Waals surface area contributed by atoms with Gasteiger partial charge in [-0.15, -0.1) is 0 Å². The van der Waals surface area contributed by atoms with Gasteiger partial charge in [0.2, 0.25) is 10.0 Å². The Bertz CT molecular complexity index is 675. The summed E-state index contributed by atoms with van der Waals surface area (Å²) in [6.07, 6.45) is 0. The van der Waals surface area contributed by atoms with E-state index in [9.17, 15) is 8.42 Å². The summed E-state index contributed by atoms with van der Waals surface area (Å²) in [4.78, 5) is 0.130. The van der Waals surface area contributed by atoms with Gasteiger partial charge in [-0.1, -0.05) is 48.0 Å². The van der Waals surface area contributed by atoms with E-state index in [1.807, 2.05) is 30.3 Å². The Morgan fingerprint density at radius 1 is 1.10 bits per heavy atom. The molecule has 0 aliphatic rings. The Labute approximate surface area is 123 Å². The lowest BCUT2D eigenvalue weighted by Gasteiger charge is -2.13. The molecule has 1 atom stereocenters. The van der Waals surface area contributed by atoms with E-state index >= 15 is 0 Å². The van der Waals surface area contributed by atoms with E-state index < -0.39 is 16.1 Å². The molecule has 20 heavy (non-hydrogen) atoms. The standard InChI is InChI=1S/C14H15ClN2O2S/c15-12-7-4-8-13(9-12)20(18,19)17-10-14(16)11-5-2-1-3-6-11/h1-9,14,17H,10,16H2. The van der Waals surface area contributed by atoms with Gasteiger partial charge in [-0.05, 0) is 23.8 Å². The number of nitrogens with two attached hydrogens (primary N) is 1. The summed E-state index contributed by atoms with van der Waals surface area (Å²) in [6, 6.07) is 15.0. The maximum Gasteiger partial charge on any atom is 0.240 e. The minimum atomic E-state index is -3.60. The van der Waals surface area contributed by atoms with Crippen LogP contribution in [0.25, 0.3) is 0 Å². The molecule has 0 aliphatic heterocycles. The zero-order valence-electron chi connectivity index (χ0n) is 10.7. The molecule has 0 saturated carbocycles. The Balaban J connectivity index is 2.07. The predicted octanol–water partition coefficient (Wildman–Crippen LogP) is 2.32. The fraction of sp³-hybridized carbons (Fsp3) is 0.143. The van der Waals surface area contributed by atoms with Crippen LogP contribution in [0.15, 0.2) is 59.5 Å². The number of hydrogen-bond donors (Lipinski definition) is 2. The van der Waals surface area contributed by atoms with Crippen LogP contribution in [-0.4, -0.2) is 15.0 Å². The van der Waals surface area contributed by atoms with Crippen LogP contribution in [0.2, 0.25) is 5.02 Å². The Morgan fingerprint density at radius 3 is 2.45 bits per heavy atom. The third kappa shape index (κ3) is 3.80. The van der Waals surface area contributed by atoms with Crippen molar-refractivity contribution in [3.63, 3.8) is 0 Å². The maximum absolute atomic E-state index is 12.1. The third-order valence-electron chi connectivity index (χ3n) is 2.83. The van der Waals surface area contributed by atoms with E-state index in [1.54, 1.807) is 12.1 Å². The normalized spacial score (nSPS) is 13.1. The number of halogens is 1. The molecule has 0 aromatic heterocycles. The van der Waals surface area contributed by atoms with E-state index in [2.05, 4.69) is 4.72 Å². The van der Waals surface area contributed by atoms with Crippen LogP contribution in [0.3, 0.4) is 0 Å². The highest BCUT2D eigenvalue weighted by molar-refractivity contribution is 7.89. The SMILES string of the molecule is NC(CNS(=O)(=O)c1cccc(Cl)c1)c1ccccc1. The highest BCUT2D eigenvalue weighted by atomic mass is 35.5. The molecule has 0 radical (unpaired) electrons. The van der Waals surface area contributed by atoms with Crippen LogP contribution in [0.1, 0.15) is 11.6 Å². The second-order valence-corrected chi connectivity index (χ2v) is 6.53. The average molecular weight is 311 g/mol. The lowest BCUT2D eigenvalue weighted by atomic mass is 10.1. The first-order valence-electron chi connectivity index (χ1n) is 6.05. The van der Waals surface area contributed by atoms with Crippen molar-refractivity contribution in [2.45, 2.75) is 10.9 Å². The first kappa shape index (κ1) is 15.0. The minimum absolute atomic E-state index is 0.124. The molecule has 2 aromatic carbocycles. The summed E-state index contributed by atoms with van der Waals surface area (Å²) in [5.41, 5.74) is 6.83. The molecule has 0 heterocycles. The fourth-order valence-corrected chi connectivity index (χ4v) is 3.10. The Hall–Kier alpha value is -1.40. The molecular formula is C14H15ClN2O2S. The zero-order valence-corrected chi connectivity index (χ0v) is 12.2. The number of sulfonamides is 1. The number of nitrogens with one attached hydrogen (secondary N) is 1. The largest absolute Gasteiger partial charge is 0.323 e. The van der Waals surface area contributed by atoms with Gasteiger partial charge in [0.15, 0.2) is 0 Å². The third-order valence-corrected chi connectivity index (χ3v) is 4.48. The molecular weight excluding hydrogens is 296 g/mol. The topological polar surface area (TPSA) is 72.2 Å². The summed E-state index contributed by atoms with van der Waals surface area (Å²) < 4.78 is 26.7. The minimum Gasteiger partial charge on any atom is -0.323 e. The summed E-state index contributed by atoms with van der Waals surface area (Å²) in [6.45, 7) is 0.124. The first-order chi connectivity index (χ1) is 9.49. The van der Waals surface area contributed by atoms with Gasteiger partial charge in [0.1, 0.15) is 0 Å². The van der Waals surface area contributed by atoms with Crippen LogP contribution in [-0.2, 0) is 10.0 Å². The molecule has 3 N–H and O–H groups in total. The molecule has 106 valence electrons. The van der Waals surface area contributed by atoms with Crippen molar-refractivity contribution in [3.05, 3.63) is 65.2 Å². The predicted molar refractivity (Wildman–Crippen MR) is 80.0 cm³/mol. The van der Waals surface area contributed by atoms with Crippen molar-refractivity contribution in [2.24, 2.45) is 5.73 Å². The van der Waals surface area contributed by atoms with E-state index in [0.29, 0.717) is 5.02 Å². The van der Waals surface area contributed by atoms with Gasteiger partial charge in [-0.3, -0.25) is 0 Å². The van der Waals surface area contributed by atoms with Gasteiger partial charge in [-0.25, -0.2) is 13.1 Å². The lowest BCUT2D eigenvalue weighted by molar-refractivity contribution is 0.572. The molecule has 0 fully saturated rings. The second-order valence-electron chi connectivity index (χ2n) is 4.33. The monoisotopic (exact) mass is 310 g/mol. The van der Waals surface area contributed by atoms with Crippen LogP contribution in [0.4, 0.5) is 0 Å². The molecule has 2 rings (SSSR count). The van der Waals surface area contributed by atoms with Crippen LogP contribution >= 0.6 is 11.6 Å². The van der Waals surface area contributed by atoms with Gasteiger partial charge >= 0.3 is 0 Å². The molecule has 4 nitrogen and oxygen atoms in total. The summed E-state index contributed by atoms with van der Waals surface area (Å²) in [7, 11) is -3.60. The van der Waals surface area contributed by atoms with E-state index in [1.165, 1.54) is 12.1 Å². The van der Waals surface area contributed by atoms with Crippen molar-refractivity contribution in [1.29, 1.82) is 0 Å². The average Bonchev–Trinajstić information content (AvgIpc) is 2.46. The molecule has 0 spiro atoms. The van der Waals surface area contributed by atoms with Crippen molar-refractivity contribution in [3.8, 4) is 0 Å². The second kappa shape index (κ2) is 6.37. The van der Waals surface area contributed by atoms with Gasteiger partial charge in [-0.2, -0.15) is 0 Å². The van der Waals surface area contributed by atoms with E-state index in [-0.39, 0.29) is 11.4 Å². The van der Waals surface area contributed by atoms with Gasteiger partial charge in [0, 0.05) is 17.6 Å². The first-order valence-corrected chi connectivity index (χ1v) is 7.91. The van der Waals surface area contributed by atoms with Gasteiger partial charge < -0.3 is 5.73 Å². The van der Waals surface area contributed by atoms with E-state index in [4.69, 9.17) is 17.3 Å². The number of rotatable bonds is 5. The molecule has 0 saturated heterocycles. The highest BCUT2D eigenvalue weighted by Gasteiger charge is 2.16. The Morgan fingerprint density at radius 2 is 1.80 bits per heavy atom. The number of benzene rings is 2. The molecule has 2 aromatic rings. The van der Waals surface area contributed by atoms with E-state index in [0.717, 1.165) is 5.56 Å². The molecule has 6 heteroatoms. The fourth-order valence-electron chi connectivity index (χ4n) is 1.74. The molecule has 0 amide bonds. The quantitative estimate of drug-likeness (QED) is 0.890. The van der Waals surface area contributed by atoms with Crippen molar-refractivity contribution >= 4 is 21.6 Å². The van der Waals surface area contributed by atoms with Crippen LogP contribution < -0.4 is 10.5 Å². The van der Waals surface area contributed by atoms with Gasteiger partial charge in [0.05, 0.1) is 4.90 Å². The van der Waals surface area contributed by atoms with Gasteiger partial charge in [0.25, 0.3) is 0 Å². The molecule has 0 aliphatic carbocycles. The smallest absolute Gasteiger partial charge is 0.240 e. The van der Waals surface area contributed by atoms with Crippen molar-refractivity contribution in [2.75, 3.05) is 6.54 Å². The number of hydrogen-bond acceptors (Lipinski definition) is 3. The molecule has 0 bridgehead atoms. The lowest BCUT2D eigenvalue weighted by Crippen LogP contribution is -2.31. The van der Waals surface area contributed by atoms with Crippen LogP contribution in [0.5, 0.6) is 0 Å². The highest BCUT2D eigenvalue weighted by Crippen LogP contribution is 2.16. The van der Waals surface area contributed by atoms with Crippen LogP contribution in [0, 0.1) is 0 Å². The Kier molecular flexibility index (Phi) is 4.77. The van der Waals surface area contributed by atoms with Crippen molar-refractivity contribution < 1.29 is 8.42 Å². The summed E-state index contributed by atoms with van der Waals surface area (Å²) in [5, 5.41) is 0.375. The summed E-state index contributed by atoms with van der Waals surface area (Å²) >= 11 is 5.79. The molecule has 1 unspecified atom stereocenters. The zero-order chi connectivity index (χ0) is 14.6. The maximum atomic E-state index is 12.1. The summed E-state index contributed by atoms with van der Waals surface area (Å²) in [5.74, 6) is 0. The van der Waals surface area contributed by atoms with Crippen molar-refractivity contribution in [1.82, 2.24) is 4.72 Å².